The highest BCUT2D eigenvalue weighted by atomic mass is 19.1. The summed E-state index contributed by atoms with van der Waals surface area (Å²) in [5, 5.41) is 3.02. The van der Waals surface area contributed by atoms with Crippen molar-refractivity contribution in [1.82, 2.24) is 5.32 Å². The molecule has 0 spiro atoms. The minimum Gasteiger partial charge on any atom is -0.486 e. The molecule has 0 radical (unpaired) electrons. The lowest BCUT2D eigenvalue weighted by molar-refractivity contribution is -0.122. The summed E-state index contributed by atoms with van der Waals surface area (Å²) < 4.78 is 25.3. The highest BCUT2D eigenvalue weighted by Gasteiger charge is 2.35. The number of ether oxygens (including phenoxy) is 2. The molecule has 0 saturated carbocycles. The molecule has 1 aliphatic rings. The van der Waals surface area contributed by atoms with Gasteiger partial charge in [-0.15, -0.1) is 0 Å². The number of anilines is 1. The van der Waals surface area contributed by atoms with Crippen molar-refractivity contribution >= 4 is 17.5 Å². The quantitative estimate of drug-likeness (QED) is 0.288. The number of hydrogen-bond donors (Lipinski definition) is 1. The molecule has 204 valence electrons. The van der Waals surface area contributed by atoms with Gasteiger partial charge in [0.05, 0.1) is 0 Å². The highest BCUT2D eigenvalue weighted by molar-refractivity contribution is 6.10. The molecule has 7 heteroatoms. The lowest BCUT2D eigenvalue weighted by Gasteiger charge is -2.33. The fourth-order valence-electron chi connectivity index (χ4n) is 4.86. The van der Waals surface area contributed by atoms with Crippen LogP contribution in [-0.4, -0.2) is 31.6 Å². The van der Waals surface area contributed by atoms with Crippen molar-refractivity contribution in [2.75, 3.05) is 24.7 Å². The maximum absolute atomic E-state index is 14.4. The minimum absolute atomic E-state index is 0.347. The van der Waals surface area contributed by atoms with E-state index in [0.717, 1.165) is 11.1 Å². The third-order valence-corrected chi connectivity index (χ3v) is 6.89. The number of amides is 2. The largest absolute Gasteiger partial charge is 0.486 e. The van der Waals surface area contributed by atoms with Crippen LogP contribution < -0.4 is 19.7 Å². The average molecular weight is 539 g/mol. The molecule has 1 N–H and O–H groups in total. The standard InChI is InChI=1S/C33H31FN2O4/c1-2-24-10-6-7-11-28(24)36(33(38)26-14-17-29-30(22-26)40-21-20-39-29)31(25-12-15-27(34)16-13-25)32(37)35-19-18-23-8-4-3-5-9-23/h3-17,22,31H,2,18-21H2,1H3,(H,35,37). The fraction of sp³-hybridized carbons (Fsp3) is 0.212. The number of carbonyl (C=O) groups is 2. The SMILES string of the molecule is CCc1ccccc1N(C(=O)c1ccc2c(c1)OCCO2)C(C(=O)NCCc1ccccc1)c1ccc(F)cc1. The normalized spacial score (nSPS) is 12.8. The first-order chi connectivity index (χ1) is 19.5. The summed E-state index contributed by atoms with van der Waals surface area (Å²) in [6.45, 7) is 3.20. The van der Waals surface area contributed by atoms with Gasteiger partial charge in [-0.2, -0.15) is 0 Å². The number of benzene rings is 4. The number of fused-ring (bicyclic) bond motifs is 1. The second kappa shape index (κ2) is 12.5. The van der Waals surface area contributed by atoms with Crippen LogP contribution in [0.25, 0.3) is 0 Å². The Bertz CT molecular complexity index is 1470. The molecule has 0 fully saturated rings. The van der Waals surface area contributed by atoms with Crippen LogP contribution >= 0.6 is 0 Å². The van der Waals surface area contributed by atoms with Gasteiger partial charge < -0.3 is 14.8 Å². The van der Waals surface area contributed by atoms with Crippen LogP contribution in [0.5, 0.6) is 11.5 Å². The van der Waals surface area contributed by atoms with Gasteiger partial charge in [-0.05, 0) is 65.9 Å². The molecule has 0 saturated heterocycles. The maximum Gasteiger partial charge on any atom is 0.259 e. The molecule has 0 aliphatic carbocycles. The summed E-state index contributed by atoms with van der Waals surface area (Å²) in [5.74, 6) is -0.126. The Balaban J connectivity index is 1.56. The maximum atomic E-state index is 14.4. The molecule has 1 aliphatic heterocycles. The summed E-state index contributed by atoms with van der Waals surface area (Å²) in [6, 6.07) is 27.1. The zero-order valence-corrected chi connectivity index (χ0v) is 22.3. The van der Waals surface area contributed by atoms with Crippen LogP contribution in [0.2, 0.25) is 0 Å². The predicted molar refractivity (Wildman–Crippen MR) is 152 cm³/mol. The Morgan fingerprint density at radius 1 is 0.875 bits per heavy atom. The van der Waals surface area contributed by atoms with E-state index in [4.69, 9.17) is 9.47 Å². The average Bonchev–Trinajstić information content (AvgIpc) is 3.00. The molecule has 4 aromatic carbocycles. The lowest BCUT2D eigenvalue weighted by atomic mass is 9.99. The van der Waals surface area contributed by atoms with Crippen LogP contribution in [0.15, 0.2) is 97.1 Å². The van der Waals surface area contributed by atoms with E-state index in [2.05, 4.69) is 5.32 Å². The van der Waals surface area contributed by atoms with E-state index in [1.165, 1.54) is 17.0 Å². The van der Waals surface area contributed by atoms with Gasteiger partial charge in [-0.3, -0.25) is 14.5 Å². The van der Waals surface area contributed by atoms with Crippen molar-refractivity contribution in [2.24, 2.45) is 0 Å². The lowest BCUT2D eigenvalue weighted by Crippen LogP contribution is -2.45. The second-order valence-electron chi connectivity index (χ2n) is 9.50. The van der Waals surface area contributed by atoms with Crippen LogP contribution in [0, 0.1) is 5.82 Å². The second-order valence-corrected chi connectivity index (χ2v) is 9.50. The number of hydrogen-bond acceptors (Lipinski definition) is 4. The molecule has 4 aromatic rings. The van der Waals surface area contributed by atoms with Gasteiger partial charge in [0.15, 0.2) is 11.5 Å². The molecular formula is C33H31FN2O4. The van der Waals surface area contributed by atoms with Crippen LogP contribution in [0.3, 0.4) is 0 Å². The van der Waals surface area contributed by atoms with Crippen molar-refractivity contribution in [3.8, 4) is 11.5 Å². The van der Waals surface area contributed by atoms with Crippen molar-refractivity contribution < 1.29 is 23.5 Å². The first-order valence-corrected chi connectivity index (χ1v) is 13.4. The fourth-order valence-corrected chi connectivity index (χ4v) is 4.86. The summed E-state index contributed by atoms with van der Waals surface area (Å²) in [7, 11) is 0. The summed E-state index contributed by atoms with van der Waals surface area (Å²) in [4.78, 5) is 29.8. The molecule has 40 heavy (non-hydrogen) atoms. The van der Waals surface area contributed by atoms with Crippen molar-refractivity contribution in [3.63, 3.8) is 0 Å². The molecule has 0 aromatic heterocycles. The number of halogens is 1. The first-order valence-electron chi connectivity index (χ1n) is 13.4. The molecule has 1 atom stereocenters. The van der Waals surface area contributed by atoms with Crippen LogP contribution in [-0.2, 0) is 17.6 Å². The van der Waals surface area contributed by atoms with Crippen molar-refractivity contribution in [1.29, 1.82) is 0 Å². The number of nitrogens with one attached hydrogen (secondary N) is 1. The molecule has 2 amide bonds. The Morgan fingerprint density at radius 3 is 2.33 bits per heavy atom. The number of para-hydroxylation sites is 1. The zero-order chi connectivity index (χ0) is 27.9. The summed E-state index contributed by atoms with van der Waals surface area (Å²) in [6.07, 6.45) is 1.28. The molecular weight excluding hydrogens is 507 g/mol. The van der Waals surface area contributed by atoms with E-state index >= 15 is 0 Å². The predicted octanol–water partition coefficient (Wildman–Crippen LogP) is 5.91. The van der Waals surface area contributed by atoms with E-state index in [1.54, 1.807) is 30.3 Å². The number of carbonyl (C=O) groups excluding carboxylic acids is 2. The van der Waals surface area contributed by atoms with Gasteiger partial charge in [0.25, 0.3) is 5.91 Å². The third kappa shape index (κ3) is 5.99. The van der Waals surface area contributed by atoms with E-state index in [0.29, 0.717) is 60.9 Å². The smallest absolute Gasteiger partial charge is 0.259 e. The molecule has 0 bridgehead atoms. The van der Waals surface area contributed by atoms with E-state index < -0.39 is 11.9 Å². The number of aryl methyl sites for hydroxylation is 1. The van der Waals surface area contributed by atoms with Gasteiger partial charge in [-0.25, -0.2) is 4.39 Å². The summed E-state index contributed by atoms with van der Waals surface area (Å²) >= 11 is 0. The first kappa shape index (κ1) is 26.9. The van der Waals surface area contributed by atoms with Gasteiger partial charge in [-0.1, -0.05) is 67.6 Å². The monoisotopic (exact) mass is 538 g/mol. The molecule has 6 nitrogen and oxygen atoms in total. The molecule has 1 heterocycles. The van der Waals surface area contributed by atoms with Crippen molar-refractivity contribution in [3.05, 3.63) is 125 Å². The molecule has 5 rings (SSSR count). The Morgan fingerprint density at radius 2 is 1.57 bits per heavy atom. The third-order valence-electron chi connectivity index (χ3n) is 6.89. The Kier molecular flexibility index (Phi) is 8.40. The summed E-state index contributed by atoms with van der Waals surface area (Å²) in [5.41, 5.74) is 3.44. The van der Waals surface area contributed by atoms with Gasteiger partial charge in [0.2, 0.25) is 5.91 Å². The van der Waals surface area contributed by atoms with Gasteiger partial charge in [0.1, 0.15) is 25.1 Å². The Hall–Kier alpha value is -4.65. The van der Waals surface area contributed by atoms with Gasteiger partial charge >= 0.3 is 0 Å². The van der Waals surface area contributed by atoms with Crippen molar-refractivity contribution in [2.45, 2.75) is 25.8 Å². The van der Waals surface area contributed by atoms with E-state index in [-0.39, 0.29) is 11.8 Å². The topological polar surface area (TPSA) is 67.9 Å². The molecule has 1 unspecified atom stereocenters. The number of nitrogens with zero attached hydrogens (tertiary/aromatic N) is 1. The minimum atomic E-state index is -1.05. The van der Waals surface area contributed by atoms with E-state index in [9.17, 15) is 14.0 Å². The Labute approximate surface area is 233 Å². The van der Waals surface area contributed by atoms with Crippen LogP contribution in [0.1, 0.15) is 40.0 Å². The highest BCUT2D eigenvalue weighted by Crippen LogP contribution is 2.36. The van der Waals surface area contributed by atoms with Crippen LogP contribution in [0.4, 0.5) is 10.1 Å². The van der Waals surface area contributed by atoms with Gasteiger partial charge in [0, 0.05) is 17.8 Å². The number of rotatable bonds is 9. The zero-order valence-electron chi connectivity index (χ0n) is 22.3. The van der Waals surface area contributed by atoms with E-state index in [1.807, 2.05) is 61.5 Å².